The molecule has 0 saturated heterocycles. The van der Waals surface area contributed by atoms with Gasteiger partial charge in [0.15, 0.2) is 0 Å². The second-order valence-corrected chi connectivity index (χ2v) is 6.16. The summed E-state index contributed by atoms with van der Waals surface area (Å²) in [7, 11) is 0. The number of nitrogens with one attached hydrogen (secondary N) is 1. The zero-order chi connectivity index (χ0) is 15.2. The number of hydrogen-bond acceptors (Lipinski definition) is 1. The molecule has 0 unspecified atom stereocenters. The van der Waals surface area contributed by atoms with E-state index in [1.807, 2.05) is 24.3 Å². The summed E-state index contributed by atoms with van der Waals surface area (Å²) in [5.74, 6) is 0.0560. The highest BCUT2D eigenvalue weighted by Crippen LogP contribution is 2.18. The van der Waals surface area contributed by atoms with Gasteiger partial charge in [0.2, 0.25) is 5.91 Å². The molecule has 21 heavy (non-hydrogen) atoms. The zero-order valence-corrected chi connectivity index (χ0v) is 14.0. The number of amides is 1. The lowest BCUT2D eigenvalue weighted by Gasteiger charge is -2.18. The van der Waals surface area contributed by atoms with Gasteiger partial charge in [0.05, 0.1) is 12.5 Å². The van der Waals surface area contributed by atoms with Crippen molar-refractivity contribution >= 4 is 21.8 Å². The van der Waals surface area contributed by atoms with Crippen molar-refractivity contribution in [1.29, 1.82) is 0 Å². The largest absolute Gasteiger partial charge is 0.349 e. The van der Waals surface area contributed by atoms with Gasteiger partial charge >= 0.3 is 0 Å². The van der Waals surface area contributed by atoms with E-state index in [0.29, 0.717) is 6.42 Å². The van der Waals surface area contributed by atoms with Crippen LogP contribution in [0.25, 0.3) is 0 Å². The molecule has 0 radical (unpaired) electrons. The highest BCUT2D eigenvalue weighted by molar-refractivity contribution is 9.10. The van der Waals surface area contributed by atoms with Gasteiger partial charge in [0.25, 0.3) is 0 Å². The van der Waals surface area contributed by atoms with Crippen LogP contribution in [0, 0.1) is 6.92 Å². The normalized spacial score (nSPS) is 12.0. The quantitative estimate of drug-likeness (QED) is 0.844. The van der Waals surface area contributed by atoms with Crippen LogP contribution in [0.2, 0.25) is 0 Å². The van der Waals surface area contributed by atoms with E-state index < -0.39 is 0 Å². The van der Waals surface area contributed by atoms with E-state index in [1.54, 1.807) is 0 Å². The summed E-state index contributed by atoms with van der Waals surface area (Å²) in [4.78, 5) is 12.2. The van der Waals surface area contributed by atoms with Crippen molar-refractivity contribution in [3.05, 3.63) is 69.7 Å². The first-order chi connectivity index (χ1) is 10.1. The van der Waals surface area contributed by atoms with E-state index in [1.165, 1.54) is 5.56 Å². The van der Waals surface area contributed by atoms with Crippen LogP contribution in [-0.2, 0) is 11.2 Å². The van der Waals surface area contributed by atoms with E-state index in [2.05, 4.69) is 59.4 Å². The van der Waals surface area contributed by atoms with Gasteiger partial charge in [-0.05, 0) is 36.6 Å². The van der Waals surface area contributed by atoms with Gasteiger partial charge in [-0.2, -0.15) is 0 Å². The fourth-order valence-corrected chi connectivity index (χ4v) is 2.74. The van der Waals surface area contributed by atoms with E-state index in [-0.39, 0.29) is 11.9 Å². The first kappa shape index (κ1) is 15.8. The minimum Gasteiger partial charge on any atom is -0.349 e. The summed E-state index contributed by atoms with van der Waals surface area (Å²) >= 11 is 3.43. The molecule has 1 atom stereocenters. The smallest absolute Gasteiger partial charge is 0.224 e. The van der Waals surface area contributed by atoms with Crippen LogP contribution in [0.4, 0.5) is 0 Å². The van der Waals surface area contributed by atoms with Crippen molar-refractivity contribution in [2.24, 2.45) is 0 Å². The van der Waals surface area contributed by atoms with Crippen molar-refractivity contribution in [2.45, 2.75) is 32.7 Å². The molecule has 1 amide bonds. The Morgan fingerprint density at radius 1 is 1.19 bits per heavy atom. The predicted molar refractivity (Wildman–Crippen MR) is 90.2 cm³/mol. The molecule has 2 aromatic rings. The number of carbonyl (C=O) groups excluding carboxylic acids is 1. The molecule has 0 bridgehead atoms. The van der Waals surface area contributed by atoms with Crippen molar-refractivity contribution in [1.82, 2.24) is 5.32 Å². The maximum absolute atomic E-state index is 12.2. The lowest BCUT2D eigenvalue weighted by atomic mass is 10.0. The Morgan fingerprint density at radius 3 is 2.52 bits per heavy atom. The van der Waals surface area contributed by atoms with Crippen LogP contribution >= 0.6 is 15.9 Å². The third-order valence-electron chi connectivity index (χ3n) is 3.48. The second kappa shape index (κ2) is 7.41. The first-order valence-electron chi connectivity index (χ1n) is 7.19. The highest BCUT2D eigenvalue weighted by Gasteiger charge is 2.13. The van der Waals surface area contributed by atoms with Gasteiger partial charge in [0.1, 0.15) is 0 Å². The highest BCUT2D eigenvalue weighted by atomic mass is 79.9. The van der Waals surface area contributed by atoms with Gasteiger partial charge in [-0.3, -0.25) is 4.79 Å². The second-order valence-electron chi connectivity index (χ2n) is 5.25. The van der Waals surface area contributed by atoms with Crippen molar-refractivity contribution in [3.63, 3.8) is 0 Å². The molecule has 2 rings (SSSR count). The molecule has 2 nitrogen and oxygen atoms in total. The molecule has 0 aliphatic carbocycles. The molecule has 0 fully saturated rings. The third-order valence-corrected chi connectivity index (χ3v) is 3.97. The summed E-state index contributed by atoms with van der Waals surface area (Å²) in [6.45, 7) is 4.15. The predicted octanol–water partition coefficient (Wildman–Crippen LogP) is 4.57. The lowest BCUT2D eigenvalue weighted by molar-refractivity contribution is -0.121. The van der Waals surface area contributed by atoms with Gasteiger partial charge in [-0.15, -0.1) is 0 Å². The van der Waals surface area contributed by atoms with Crippen LogP contribution in [0.5, 0.6) is 0 Å². The molecular weight excluding hydrogens is 326 g/mol. The zero-order valence-electron chi connectivity index (χ0n) is 12.4. The molecule has 0 heterocycles. The average Bonchev–Trinajstić information content (AvgIpc) is 2.46. The topological polar surface area (TPSA) is 29.1 Å². The number of rotatable bonds is 5. The third kappa shape index (κ3) is 4.71. The van der Waals surface area contributed by atoms with Crippen molar-refractivity contribution in [3.8, 4) is 0 Å². The minimum absolute atomic E-state index is 0.0560. The number of benzene rings is 2. The molecule has 0 aliphatic heterocycles. The number of halogens is 1. The van der Waals surface area contributed by atoms with Crippen LogP contribution in [0.15, 0.2) is 53.0 Å². The van der Waals surface area contributed by atoms with Gasteiger partial charge < -0.3 is 5.32 Å². The SMILES string of the molecule is CC[C@H](NC(=O)Cc1cccc(Br)c1)c1ccc(C)cc1. The first-order valence-corrected chi connectivity index (χ1v) is 7.98. The lowest BCUT2D eigenvalue weighted by Crippen LogP contribution is -2.29. The Kier molecular flexibility index (Phi) is 5.57. The summed E-state index contributed by atoms with van der Waals surface area (Å²) in [6, 6.07) is 16.3. The van der Waals surface area contributed by atoms with Crippen LogP contribution in [0.3, 0.4) is 0 Å². The van der Waals surface area contributed by atoms with E-state index in [0.717, 1.165) is 22.0 Å². The average molecular weight is 346 g/mol. The van der Waals surface area contributed by atoms with E-state index in [9.17, 15) is 4.79 Å². The molecule has 3 heteroatoms. The Labute approximate surface area is 134 Å². The Morgan fingerprint density at radius 2 is 1.90 bits per heavy atom. The Balaban J connectivity index is 2.01. The summed E-state index contributed by atoms with van der Waals surface area (Å²) in [6.07, 6.45) is 1.29. The van der Waals surface area contributed by atoms with E-state index in [4.69, 9.17) is 0 Å². The van der Waals surface area contributed by atoms with Crippen molar-refractivity contribution in [2.75, 3.05) is 0 Å². The molecule has 110 valence electrons. The van der Waals surface area contributed by atoms with Gasteiger partial charge in [-0.1, -0.05) is 64.8 Å². The van der Waals surface area contributed by atoms with Crippen molar-refractivity contribution < 1.29 is 4.79 Å². The summed E-state index contributed by atoms with van der Waals surface area (Å²) in [5.41, 5.74) is 3.40. The molecule has 0 saturated carbocycles. The summed E-state index contributed by atoms with van der Waals surface area (Å²) < 4.78 is 0.998. The molecule has 1 N–H and O–H groups in total. The maximum Gasteiger partial charge on any atom is 0.224 e. The molecule has 2 aromatic carbocycles. The molecule has 0 aliphatic rings. The maximum atomic E-state index is 12.2. The summed E-state index contributed by atoms with van der Waals surface area (Å²) in [5, 5.41) is 3.12. The van der Waals surface area contributed by atoms with Crippen LogP contribution < -0.4 is 5.32 Å². The molecule has 0 spiro atoms. The van der Waals surface area contributed by atoms with Gasteiger partial charge in [-0.25, -0.2) is 0 Å². The van der Waals surface area contributed by atoms with Crippen LogP contribution in [0.1, 0.15) is 36.1 Å². The van der Waals surface area contributed by atoms with Crippen LogP contribution in [-0.4, -0.2) is 5.91 Å². The standard InChI is InChI=1S/C18H20BrNO/c1-3-17(15-9-7-13(2)8-10-15)20-18(21)12-14-5-4-6-16(19)11-14/h4-11,17H,3,12H2,1-2H3,(H,20,21)/t17-/m0/s1. The number of hydrogen-bond donors (Lipinski definition) is 1. The number of carbonyl (C=O) groups is 1. The van der Waals surface area contributed by atoms with Gasteiger partial charge in [0, 0.05) is 4.47 Å². The monoisotopic (exact) mass is 345 g/mol. The van der Waals surface area contributed by atoms with E-state index >= 15 is 0 Å². The molecule has 0 aromatic heterocycles. The fraction of sp³-hybridized carbons (Fsp3) is 0.278. The Bertz CT molecular complexity index is 607. The molecular formula is C18H20BrNO. The fourth-order valence-electron chi connectivity index (χ4n) is 2.30. The Hall–Kier alpha value is -1.61. The number of aryl methyl sites for hydroxylation is 1. The minimum atomic E-state index is 0.0560.